The van der Waals surface area contributed by atoms with Gasteiger partial charge in [0.25, 0.3) is 5.22 Å². The molecule has 0 bridgehead atoms. The SMILES string of the molecule is COc1ccc(-c2csc(NC(=O)CSc3nnc(-c4ccccc4C)o3)n2)cc1. The highest BCUT2D eigenvalue weighted by Gasteiger charge is 2.14. The van der Waals surface area contributed by atoms with Crippen LogP contribution in [-0.4, -0.2) is 34.0 Å². The number of carbonyl (C=O) groups is 1. The van der Waals surface area contributed by atoms with E-state index in [1.807, 2.05) is 60.8 Å². The summed E-state index contributed by atoms with van der Waals surface area (Å²) in [5, 5.41) is 13.7. The fourth-order valence-electron chi connectivity index (χ4n) is 2.70. The predicted octanol–water partition coefficient (Wildman–Crippen LogP) is 4.91. The number of ether oxygens (including phenoxy) is 1. The average molecular weight is 439 g/mol. The van der Waals surface area contributed by atoms with Gasteiger partial charge in [-0.2, -0.15) is 0 Å². The van der Waals surface area contributed by atoms with Crippen molar-refractivity contribution in [3.8, 4) is 28.5 Å². The van der Waals surface area contributed by atoms with E-state index < -0.39 is 0 Å². The first-order chi connectivity index (χ1) is 14.6. The summed E-state index contributed by atoms with van der Waals surface area (Å²) in [6.07, 6.45) is 0. The van der Waals surface area contributed by atoms with Crippen LogP contribution < -0.4 is 10.1 Å². The fourth-order valence-corrected chi connectivity index (χ4v) is 4.00. The molecule has 0 saturated heterocycles. The quantitative estimate of drug-likeness (QED) is 0.410. The van der Waals surface area contributed by atoms with Crippen molar-refractivity contribution in [1.29, 1.82) is 0 Å². The molecule has 4 rings (SSSR count). The van der Waals surface area contributed by atoms with Gasteiger partial charge in [0.2, 0.25) is 11.8 Å². The van der Waals surface area contributed by atoms with E-state index in [-0.39, 0.29) is 11.7 Å². The first-order valence-corrected chi connectivity index (χ1v) is 10.9. The molecule has 2 aromatic carbocycles. The number of nitrogens with zero attached hydrogens (tertiary/aromatic N) is 3. The van der Waals surface area contributed by atoms with Gasteiger partial charge in [-0.25, -0.2) is 4.98 Å². The Kier molecular flexibility index (Phi) is 6.10. The fraction of sp³-hybridized carbons (Fsp3) is 0.143. The number of thiazole rings is 1. The van der Waals surface area contributed by atoms with Gasteiger partial charge in [-0.15, -0.1) is 21.5 Å². The summed E-state index contributed by atoms with van der Waals surface area (Å²) < 4.78 is 10.8. The van der Waals surface area contributed by atoms with Gasteiger partial charge in [0.1, 0.15) is 5.75 Å². The number of aryl methyl sites for hydroxylation is 1. The highest BCUT2D eigenvalue weighted by Crippen LogP contribution is 2.28. The van der Waals surface area contributed by atoms with Crippen LogP contribution in [0.15, 0.2) is 63.6 Å². The number of carbonyl (C=O) groups excluding carboxylic acids is 1. The Balaban J connectivity index is 1.33. The summed E-state index contributed by atoms with van der Waals surface area (Å²) in [7, 11) is 1.63. The summed E-state index contributed by atoms with van der Waals surface area (Å²) in [6, 6.07) is 15.4. The molecule has 0 fully saturated rings. The molecule has 7 nitrogen and oxygen atoms in total. The second kappa shape index (κ2) is 9.10. The van der Waals surface area contributed by atoms with Crippen LogP contribution >= 0.6 is 23.1 Å². The topological polar surface area (TPSA) is 90.1 Å². The minimum absolute atomic E-state index is 0.146. The van der Waals surface area contributed by atoms with Crippen molar-refractivity contribution in [1.82, 2.24) is 15.2 Å². The molecule has 152 valence electrons. The van der Waals surface area contributed by atoms with Crippen molar-refractivity contribution in [3.05, 3.63) is 59.5 Å². The van der Waals surface area contributed by atoms with Gasteiger partial charge in [-0.05, 0) is 42.8 Å². The van der Waals surface area contributed by atoms with Crippen molar-refractivity contribution in [3.63, 3.8) is 0 Å². The average Bonchev–Trinajstić information content (AvgIpc) is 3.42. The largest absolute Gasteiger partial charge is 0.497 e. The second-order valence-corrected chi connectivity index (χ2v) is 8.08. The van der Waals surface area contributed by atoms with E-state index >= 15 is 0 Å². The maximum Gasteiger partial charge on any atom is 0.277 e. The molecule has 0 aliphatic carbocycles. The van der Waals surface area contributed by atoms with Gasteiger partial charge in [0.15, 0.2) is 5.13 Å². The maximum absolute atomic E-state index is 12.3. The number of hydrogen-bond donors (Lipinski definition) is 1. The number of methoxy groups -OCH3 is 1. The van der Waals surface area contributed by atoms with Gasteiger partial charge in [0, 0.05) is 16.5 Å². The molecule has 0 spiro atoms. The summed E-state index contributed by atoms with van der Waals surface area (Å²) >= 11 is 2.56. The molecular formula is C21H18N4O3S2. The van der Waals surface area contributed by atoms with Crippen molar-refractivity contribution in [2.24, 2.45) is 0 Å². The van der Waals surface area contributed by atoms with E-state index in [0.29, 0.717) is 16.2 Å². The van der Waals surface area contributed by atoms with Crippen LogP contribution in [0.2, 0.25) is 0 Å². The van der Waals surface area contributed by atoms with Crippen molar-refractivity contribution in [2.75, 3.05) is 18.2 Å². The third-order valence-corrected chi connectivity index (χ3v) is 5.82. The minimum Gasteiger partial charge on any atom is -0.497 e. The lowest BCUT2D eigenvalue weighted by molar-refractivity contribution is -0.113. The Morgan fingerprint density at radius 3 is 2.73 bits per heavy atom. The van der Waals surface area contributed by atoms with E-state index in [1.54, 1.807) is 7.11 Å². The Hall–Kier alpha value is -3.17. The molecule has 0 aliphatic rings. The molecule has 1 amide bonds. The van der Waals surface area contributed by atoms with E-state index in [1.165, 1.54) is 23.1 Å². The summed E-state index contributed by atoms with van der Waals surface area (Å²) in [4.78, 5) is 16.7. The lowest BCUT2D eigenvalue weighted by Crippen LogP contribution is -2.13. The van der Waals surface area contributed by atoms with Gasteiger partial charge in [-0.3, -0.25) is 4.79 Å². The van der Waals surface area contributed by atoms with Crippen LogP contribution in [-0.2, 0) is 4.79 Å². The van der Waals surface area contributed by atoms with Crippen LogP contribution in [0.5, 0.6) is 5.75 Å². The molecule has 2 aromatic heterocycles. The molecule has 9 heteroatoms. The molecule has 0 saturated carbocycles. The Labute approximate surface area is 181 Å². The molecule has 0 unspecified atom stereocenters. The zero-order chi connectivity index (χ0) is 20.9. The minimum atomic E-state index is -0.189. The molecule has 30 heavy (non-hydrogen) atoms. The number of rotatable bonds is 7. The molecule has 0 atom stereocenters. The summed E-state index contributed by atoms with van der Waals surface area (Å²) in [6.45, 7) is 1.98. The Morgan fingerprint density at radius 1 is 1.17 bits per heavy atom. The Bertz CT molecular complexity index is 1160. The van der Waals surface area contributed by atoms with Crippen LogP contribution in [0.3, 0.4) is 0 Å². The zero-order valence-electron chi connectivity index (χ0n) is 16.3. The van der Waals surface area contributed by atoms with Gasteiger partial charge >= 0.3 is 0 Å². The van der Waals surface area contributed by atoms with Gasteiger partial charge < -0.3 is 14.5 Å². The van der Waals surface area contributed by atoms with E-state index in [4.69, 9.17) is 9.15 Å². The third kappa shape index (κ3) is 4.69. The molecule has 1 N–H and O–H groups in total. The van der Waals surface area contributed by atoms with Crippen molar-refractivity contribution in [2.45, 2.75) is 12.1 Å². The number of nitrogens with one attached hydrogen (secondary N) is 1. The molecule has 4 aromatic rings. The monoisotopic (exact) mass is 438 g/mol. The lowest BCUT2D eigenvalue weighted by Gasteiger charge is -2.01. The van der Waals surface area contributed by atoms with Crippen LogP contribution in [0, 0.1) is 6.92 Å². The van der Waals surface area contributed by atoms with E-state index in [9.17, 15) is 4.79 Å². The maximum atomic E-state index is 12.3. The predicted molar refractivity (Wildman–Crippen MR) is 118 cm³/mol. The molecule has 0 aliphatic heterocycles. The Morgan fingerprint density at radius 2 is 1.97 bits per heavy atom. The normalized spacial score (nSPS) is 10.7. The number of hydrogen-bond acceptors (Lipinski definition) is 8. The van der Waals surface area contributed by atoms with Crippen molar-refractivity contribution < 1.29 is 13.9 Å². The van der Waals surface area contributed by atoms with Crippen LogP contribution in [0.25, 0.3) is 22.7 Å². The standard InChI is InChI=1S/C21H18N4O3S2/c1-13-5-3-4-6-16(13)19-24-25-21(28-19)30-12-18(26)23-20-22-17(11-29-20)14-7-9-15(27-2)10-8-14/h3-11H,12H2,1-2H3,(H,22,23,26). The number of benzene rings is 2. The first kappa shape index (κ1) is 20.1. The van der Waals surface area contributed by atoms with Crippen LogP contribution in [0.4, 0.5) is 5.13 Å². The number of aromatic nitrogens is 3. The molecular weight excluding hydrogens is 420 g/mol. The first-order valence-electron chi connectivity index (χ1n) is 9.04. The van der Waals surface area contributed by atoms with E-state index in [0.717, 1.165) is 28.1 Å². The summed E-state index contributed by atoms with van der Waals surface area (Å²) in [5.74, 6) is 1.19. The zero-order valence-corrected chi connectivity index (χ0v) is 17.9. The lowest BCUT2D eigenvalue weighted by atomic mass is 10.1. The smallest absolute Gasteiger partial charge is 0.277 e. The molecule has 2 heterocycles. The van der Waals surface area contributed by atoms with Gasteiger partial charge in [0.05, 0.1) is 18.6 Å². The van der Waals surface area contributed by atoms with E-state index in [2.05, 4.69) is 20.5 Å². The summed E-state index contributed by atoms with van der Waals surface area (Å²) in [5.41, 5.74) is 3.68. The van der Waals surface area contributed by atoms with Crippen LogP contribution in [0.1, 0.15) is 5.56 Å². The highest BCUT2D eigenvalue weighted by atomic mass is 32.2. The second-order valence-electron chi connectivity index (χ2n) is 6.29. The van der Waals surface area contributed by atoms with Gasteiger partial charge in [-0.1, -0.05) is 30.0 Å². The molecule has 0 radical (unpaired) electrons. The highest BCUT2D eigenvalue weighted by molar-refractivity contribution is 7.99. The number of thioether (sulfide) groups is 1. The third-order valence-electron chi connectivity index (χ3n) is 4.24. The number of anilines is 1. The number of amides is 1. The van der Waals surface area contributed by atoms with Crippen molar-refractivity contribution >= 4 is 34.1 Å².